The molecule has 106 valence electrons. The summed E-state index contributed by atoms with van der Waals surface area (Å²) in [6.07, 6.45) is 3.30. The molecule has 1 aromatic carbocycles. The molecule has 3 aromatic rings. The predicted octanol–water partition coefficient (Wildman–Crippen LogP) is 3.36. The van der Waals surface area contributed by atoms with Crippen molar-refractivity contribution < 1.29 is 14.6 Å². The second-order valence-electron chi connectivity index (χ2n) is 4.41. The van der Waals surface area contributed by atoms with Crippen molar-refractivity contribution in [2.75, 3.05) is 7.11 Å². The molecule has 5 nitrogen and oxygen atoms in total. The standard InChI is InChI=1S/C15H11ClN2O3/c1-21-12-4-2-3-10(16)14(12)11-8-17-13-7-9(15(19)20)5-6-18(11)13/h2-8H,1H3,(H,19,20). The molecule has 0 unspecified atom stereocenters. The number of fused-ring (bicyclic) bond motifs is 1. The van der Waals surface area contributed by atoms with E-state index in [1.807, 2.05) is 6.07 Å². The lowest BCUT2D eigenvalue weighted by atomic mass is 10.1. The van der Waals surface area contributed by atoms with E-state index in [4.69, 9.17) is 21.4 Å². The van der Waals surface area contributed by atoms with Crippen molar-refractivity contribution in [3.63, 3.8) is 0 Å². The van der Waals surface area contributed by atoms with E-state index in [9.17, 15) is 4.79 Å². The molecule has 6 heteroatoms. The first-order chi connectivity index (χ1) is 10.1. The summed E-state index contributed by atoms with van der Waals surface area (Å²) < 4.78 is 7.12. The van der Waals surface area contributed by atoms with Gasteiger partial charge in [0.25, 0.3) is 0 Å². The third kappa shape index (κ3) is 2.21. The van der Waals surface area contributed by atoms with Gasteiger partial charge >= 0.3 is 5.97 Å². The number of hydrogen-bond acceptors (Lipinski definition) is 3. The third-order valence-electron chi connectivity index (χ3n) is 3.21. The van der Waals surface area contributed by atoms with Gasteiger partial charge < -0.3 is 9.84 Å². The molecule has 1 N–H and O–H groups in total. The second kappa shape index (κ2) is 5.10. The highest BCUT2D eigenvalue weighted by Crippen LogP contribution is 2.36. The summed E-state index contributed by atoms with van der Waals surface area (Å²) in [6, 6.07) is 8.41. The highest BCUT2D eigenvalue weighted by Gasteiger charge is 2.15. The van der Waals surface area contributed by atoms with Crippen molar-refractivity contribution in [3.05, 3.63) is 53.3 Å². The zero-order valence-electron chi connectivity index (χ0n) is 11.1. The Balaban J connectivity index is 2.25. The fourth-order valence-electron chi connectivity index (χ4n) is 2.22. The lowest BCUT2D eigenvalue weighted by molar-refractivity contribution is 0.0697. The Morgan fingerprint density at radius 1 is 1.38 bits per heavy atom. The molecule has 0 aliphatic heterocycles. The van der Waals surface area contributed by atoms with Gasteiger partial charge in [-0.3, -0.25) is 4.40 Å². The SMILES string of the molecule is COc1cccc(Cl)c1-c1cnc2cc(C(=O)O)ccn12. The van der Waals surface area contributed by atoms with Crippen LogP contribution in [0.1, 0.15) is 10.4 Å². The van der Waals surface area contributed by atoms with Gasteiger partial charge in [0, 0.05) is 6.20 Å². The van der Waals surface area contributed by atoms with Crippen LogP contribution in [0.2, 0.25) is 5.02 Å². The van der Waals surface area contributed by atoms with Crippen molar-refractivity contribution in [1.29, 1.82) is 0 Å². The maximum absolute atomic E-state index is 11.0. The van der Waals surface area contributed by atoms with Crippen molar-refractivity contribution in [3.8, 4) is 17.0 Å². The van der Waals surface area contributed by atoms with Gasteiger partial charge in [0.1, 0.15) is 11.4 Å². The van der Waals surface area contributed by atoms with Crippen molar-refractivity contribution in [2.24, 2.45) is 0 Å². The van der Waals surface area contributed by atoms with Crippen LogP contribution >= 0.6 is 11.6 Å². The van der Waals surface area contributed by atoms with Crippen molar-refractivity contribution >= 4 is 23.2 Å². The molecule has 0 aliphatic rings. The molecule has 0 amide bonds. The van der Waals surface area contributed by atoms with Crippen LogP contribution in [0.25, 0.3) is 16.9 Å². The molecule has 0 spiro atoms. The maximum Gasteiger partial charge on any atom is 0.335 e. The summed E-state index contributed by atoms with van der Waals surface area (Å²) in [6.45, 7) is 0. The van der Waals surface area contributed by atoms with Gasteiger partial charge in [0.15, 0.2) is 0 Å². The van der Waals surface area contributed by atoms with Gasteiger partial charge in [-0.05, 0) is 24.3 Å². The molecule has 2 aromatic heterocycles. The van der Waals surface area contributed by atoms with Crippen LogP contribution in [0.3, 0.4) is 0 Å². The number of halogens is 1. The number of hydrogen-bond donors (Lipinski definition) is 1. The molecule has 0 saturated heterocycles. The number of carboxylic acids is 1. The highest BCUT2D eigenvalue weighted by atomic mass is 35.5. The molecular formula is C15H11ClN2O3. The van der Waals surface area contributed by atoms with E-state index in [1.54, 1.807) is 36.0 Å². The Morgan fingerprint density at radius 2 is 2.19 bits per heavy atom. The first kappa shape index (κ1) is 13.5. The molecule has 0 aliphatic carbocycles. The normalized spacial score (nSPS) is 10.8. The Hall–Kier alpha value is -2.53. The lowest BCUT2D eigenvalue weighted by Crippen LogP contribution is -1.98. The molecule has 2 heterocycles. The number of nitrogens with zero attached hydrogens (tertiary/aromatic N) is 2. The van der Waals surface area contributed by atoms with E-state index in [0.29, 0.717) is 16.4 Å². The molecule has 0 bridgehead atoms. The molecule has 21 heavy (non-hydrogen) atoms. The average Bonchev–Trinajstić information content (AvgIpc) is 2.89. The summed E-state index contributed by atoms with van der Waals surface area (Å²) in [5.41, 5.74) is 2.18. The van der Waals surface area contributed by atoms with Crippen molar-refractivity contribution in [2.45, 2.75) is 0 Å². The number of methoxy groups -OCH3 is 1. The van der Waals surface area contributed by atoms with Crippen LogP contribution in [0.4, 0.5) is 0 Å². The number of ether oxygens (including phenoxy) is 1. The van der Waals surface area contributed by atoms with Gasteiger partial charge in [-0.15, -0.1) is 0 Å². The molecule has 0 atom stereocenters. The van der Waals surface area contributed by atoms with Gasteiger partial charge in [-0.2, -0.15) is 0 Å². The summed E-state index contributed by atoms with van der Waals surface area (Å²) in [5.74, 6) is -0.357. The van der Waals surface area contributed by atoms with Crippen molar-refractivity contribution in [1.82, 2.24) is 9.38 Å². The molecular weight excluding hydrogens is 292 g/mol. The van der Waals surface area contributed by atoms with Crippen LogP contribution in [-0.4, -0.2) is 27.6 Å². The van der Waals surface area contributed by atoms with Crippen LogP contribution in [0.5, 0.6) is 5.75 Å². The quantitative estimate of drug-likeness (QED) is 0.805. The Morgan fingerprint density at radius 3 is 2.90 bits per heavy atom. The van der Waals surface area contributed by atoms with E-state index in [-0.39, 0.29) is 5.56 Å². The first-order valence-corrected chi connectivity index (χ1v) is 6.53. The summed E-state index contributed by atoms with van der Waals surface area (Å²) in [5, 5.41) is 9.56. The van der Waals surface area contributed by atoms with Crippen LogP contribution in [0, 0.1) is 0 Å². The minimum Gasteiger partial charge on any atom is -0.496 e. The average molecular weight is 303 g/mol. The molecule has 0 radical (unpaired) electrons. The van der Waals surface area contributed by atoms with Gasteiger partial charge in [-0.25, -0.2) is 9.78 Å². The molecule has 0 fully saturated rings. The number of carboxylic acid groups (broad SMARTS) is 1. The second-order valence-corrected chi connectivity index (χ2v) is 4.82. The van der Waals surface area contributed by atoms with Gasteiger partial charge in [0.2, 0.25) is 0 Å². The summed E-state index contributed by atoms with van der Waals surface area (Å²) in [4.78, 5) is 15.2. The fourth-order valence-corrected chi connectivity index (χ4v) is 2.48. The number of carbonyl (C=O) groups is 1. The van der Waals surface area contributed by atoms with Gasteiger partial charge in [0.05, 0.1) is 35.2 Å². The van der Waals surface area contributed by atoms with Gasteiger partial charge in [-0.1, -0.05) is 17.7 Å². The Labute approximate surface area is 125 Å². The fraction of sp³-hybridized carbons (Fsp3) is 0.0667. The number of rotatable bonds is 3. The number of aromatic carboxylic acids is 1. The minimum atomic E-state index is -0.989. The molecule has 0 saturated carbocycles. The monoisotopic (exact) mass is 302 g/mol. The van der Waals surface area contributed by atoms with Crippen LogP contribution < -0.4 is 4.74 Å². The predicted molar refractivity (Wildman–Crippen MR) is 79.1 cm³/mol. The van der Waals surface area contributed by atoms with E-state index >= 15 is 0 Å². The highest BCUT2D eigenvalue weighted by molar-refractivity contribution is 6.33. The largest absolute Gasteiger partial charge is 0.496 e. The third-order valence-corrected chi connectivity index (χ3v) is 3.53. The molecule has 3 rings (SSSR count). The van der Waals surface area contributed by atoms with Crippen LogP contribution in [-0.2, 0) is 0 Å². The number of benzene rings is 1. The van der Waals surface area contributed by atoms with E-state index in [0.717, 1.165) is 11.3 Å². The minimum absolute atomic E-state index is 0.186. The number of pyridine rings is 1. The Bertz CT molecular complexity index is 842. The van der Waals surface area contributed by atoms with E-state index < -0.39 is 5.97 Å². The van der Waals surface area contributed by atoms with E-state index in [1.165, 1.54) is 12.1 Å². The zero-order chi connectivity index (χ0) is 15.0. The maximum atomic E-state index is 11.0. The lowest BCUT2D eigenvalue weighted by Gasteiger charge is -2.10. The number of imidazole rings is 1. The summed E-state index contributed by atoms with van der Waals surface area (Å²) >= 11 is 6.27. The topological polar surface area (TPSA) is 63.8 Å². The first-order valence-electron chi connectivity index (χ1n) is 6.15. The van der Waals surface area contributed by atoms with Crippen LogP contribution in [0.15, 0.2) is 42.7 Å². The zero-order valence-corrected chi connectivity index (χ0v) is 11.8. The smallest absolute Gasteiger partial charge is 0.335 e. The Kier molecular flexibility index (Phi) is 3.27. The number of aromatic nitrogens is 2. The van der Waals surface area contributed by atoms with E-state index in [2.05, 4.69) is 4.98 Å². The summed E-state index contributed by atoms with van der Waals surface area (Å²) in [7, 11) is 1.57.